The molecule has 5 unspecified atom stereocenters. The zero-order chi connectivity index (χ0) is 13.2. The smallest absolute Gasteiger partial charge is 0.371 e. The maximum Gasteiger partial charge on any atom is 0.371 e. The second-order valence-corrected chi connectivity index (χ2v) is 6.50. The summed E-state index contributed by atoms with van der Waals surface area (Å²) in [5.41, 5.74) is -2.39. The molecule has 18 heavy (non-hydrogen) atoms. The van der Waals surface area contributed by atoms with Crippen molar-refractivity contribution >= 4 is 12.3 Å². The molecule has 0 amide bonds. The molecule has 5 heteroatoms. The molecule has 2 bridgehead atoms. The highest BCUT2D eigenvalue weighted by atomic mass is 16.6. The number of carbonyl (C=O) groups is 2. The zero-order valence-corrected chi connectivity index (χ0v) is 10.4. The first-order valence-corrected chi connectivity index (χ1v) is 6.43. The second kappa shape index (κ2) is 3.33. The molecule has 3 fully saturated rings. The van der Waals surface area contributed by atoms with Gasteiger partial charge in [-0.25, -0.2) is 4.79 Å². The number of rotatable bonds is 2. The Labute approximate surface area is 105 Å². The number of hydrogen-bond donors (Lipinski definition) is 2. The summed E-state index contributed by atoms with van der Waals surface area (Å²) in [6.07, 6.45) is 2.80. The summed E-state index contributed by atoms with van der Waals surface area (Å²) in [5, 5.41) is 20.8. The third kappa shape index (κ3) is 1.47. The van der Waals surface area contributed by atoms with Crippen molar-refractivity contribution in [3.05, 3.63) is 0 Å². The maximum atomic E-state index is 11.3. The van der Waals surface area contributed by atoms with E-state index in [4.69, 9.17) is 4.74 Å². The van der Waals surface area contributed by atoms with Gasteiger partial charge in [-0.05, 0) is 38.5 Å². The molecule has 3 saturated carbocycles. The molecule has 2 N–H and O–H groups in total. The number of esters is 1. The summed E-state index contributed by atoms with van der Waals surface area (Å²) in [6.45, 7) is 1.75. The first kappa shape index (κ1) is 12.1. The average Bonchev–Trinajstić information content (AvgIpc) is 2.84. The van der Waals surface area contributed by atoms with Gasteiger partial charge >= 0.3 is 5.97 Å². The van der Waals surface area contributed by atoms with Crippen LogP contribution in [0.1, 0.15) is 39.0 Å². The van der Waals surface area contributed by atoms with E-state index in [1.165, 1.54) is 0 Å². The quantitative estimate of drug-likeness (QED) is 0.417. The predicted octanol–water partition coefficient (Wildman–Crippen LogP) is 0.173. The van der Waals surface area contributed by atoms with Crippen molar-refractivity contribution in [1.29, 1.82) is 0 Å². The van der Waals surface area contributed by atoms with E-state index in [2.05, 4.69) is 0 Å². The first-order chi connectivity index (χ1) is 8.30. The van der Waals surface area contributed by atoms with Crippen LogP contribution in [-0.4, -0.2) is 39.3 Å². The summed E-state index contributed by atoms with van der Waals surface area (Å²) in [5.74, 6) is -0.928. The fourth-order valence-corrected chi connectivity index (χ4v) is 4.58. The molecule has 3 aliphatic rings. The Hall–Kier alpha value is -0.940. The van der Waals surface area contributed by atoms with Crippen LogP contribution in [0.5, 0.6) is 0 Å². The van der Waals surface area contributed by atoms with Crippen molar-refractivity contribution in [2.45, 2.75) is 55.8 Å². The Morgan fingerprint density at radius 3 is 2.61 bits per heavy atom. The predicted molar refractivity (Wildman–Crippen MR) is 60.5 cm³/mol. The Balaban J connectivity index is 1.92. The van der Waals surface area contributed by atoms with Crippen molar-refractivity contribution in [2.75, 3.05) is 0 Å². The molecule has 0 aromatic carbocycles. The van der Waals surface area contributed by atoms with Crippen LogP contribution in [0.3, 0.4) is 0 Å². The lowest BCUT2D eigenvalue weighted by atomic mass is 9.77. The third-order valence-electron chi connectivity index (χ3n) is 5.16. The van der Waals surface area contributed by atoms with Crippen molar-refractivity contribution in [1.82, 2.24) is 0 Å². The molecule has 5 atom stereocenters. The normalized spacial score (nSPS) is 53.3. The van der Waals surface area contributed by atoms with Crippen molar-refractivity contribution < 1.29 is 24.5 Å². The highest BCUT2D eigenvalue weighted by Gasteiger charge is 2.70. The van der Waals surface area contributed by atoms with E-state index in [-0.39, 0.29) is 18.1 Å². The zero-order valence-electron chi connectivity index (χ0n) is 10.4. The molecule has 0 spiro atoms. The average molecular weight is 254 g/mol. The SMILES string of the molecule is CC1(O)CC2C(C1)C1(OC(=O)C=O)CCC2(O)C1. The van der Waals surface area contributed by atoms with Crippen LogP contribution in [0.4, 0.5) is 0 Å². The van der Waals surface area contributed by atoms with Gasteiger partial charge in [0.1, 0.15) is 5.60 Å². The minimum Gasteiger partial charge on any atom is -0.453 e. The number of aldehydes is 1. The van der Waals surface area contributed by atoms with E-state index in [9.17, 15) is 19.8 Å². The van der Waals surface area contributed by atoms with Crippen LogP contribution >= 0.6 is 0 Å². The van der Waals surface area contributed by atoms with Crippen molar-refractivity contribution in [2.24, 2.45) is 11.8 Å². The number of fused-ring (bicyclic) bond motifs is 5. The van der Waals surface area contributed by atoms with Gasteiger partial charge in [-0.1, -0.05) is 0 Å². The van der Waals surface area contributed by atoms with Gasteiger partial charge in [0.25, 0.3) is 0 Å². The van der Waals surface area contributed by atoms with Crippen molar-refractivity contribution in [3.8, 4) is 0 Å². The number of hydrogen-bond acceptors (Lipinski definition) is 5. The molecule has 0 heterocycles. The Bertz CT molecular complexity index is 418. The Morgan fingerprint density at radius 2 is 1.94 bits per heavy atom. The van der Waals surface area contributed by atoms with Crippen molar-refractivity contribution in [3.63, 3.8) is 0 Å². The van der Waals surface area contributed by atoms with E-state index in [0.29, 0.717) is 32.1 Å². The monoisotopic (exact) mass is 254 g/mol. The van der Waals surface area contributed by atoms with Gasteiger partial charge in [0.15, 0.2) is 0 Å². The molecule has 0 aromatic heterocycles. The topological polar surface area (TPSA) is 83.8 Å². The molecule has 0 aromatic rings. The minimum atomic E-state index is -0.869. The van der Waals surface area contributed by atoms with E-state index in [1.54, 1.807) is 6.92 Å². The second-order valence-electron chi connectivity index (χ2n) is 6.50. The van der Waals surface area contributed by atoms with Crippen LogP contribution in [0.25, 0.3) is 0 Å². The van der Waals surface area contributed by atoms with Crippen LogP contribution < -0.4 is 0 Å². The fraction of sp³-hybridized carbons (Fsp3) is 0.846. The highest BCUT2D eigenvalue weighted by Crippen LogP contribution is 2.66. The van der Waals surface area contributed by atoms with Crippen LogP contribution in [0, 0.1) is 11.8 Å². The summed E-state index contributed by atoms with van der Waals surface area (Å²) in [6, 6.07) is 0. The van der Waals surface area contributed by atoms with E-state index in [1.807, 2.05) is 0 Å². The van der Waals surface area contributed by atoms with Gasteiger partial charge in [-0.15, -0.1) is 0 Å². The van der Waals surface area contributed by atoms with Crippen LogP contribution in [0.2, 0.25) is 0 Å². The molecule has 0 radical (unpaired) electrons. The van der Waals surface area contributed by atoms with E-state index < -0.39 is 22.8 Å². The number of ether oxygens (including phenoxy) is 1. The maximum absolute atomic E-state index is 11.3. The van der Waals surface area contributed by atoms with Crippen LogP contribution in [-0.2, 0) is 14.3 Å². The lowest BCUT2D eigenvalue weighted by molar-refractivity contribution is -0.166. The highest BCUT2D eigenvalue weighted by molar-refractivity contribution is 6.20. The lowest BCUT2D eigenvalue weighted by Crippen LogP contribution is -2.41. The number of carbonyl (C=O) groups excluding carboxylic acids is 2. The van der Waals surface area contributed by atoms with Gasteiger partial charge in [-0.3, -0.25) is 4.79 Å². The van der Waals surface area contributed by atoms with Gasteiger partial charge in [0, 0.05) is 12.3 Å². The molecule has 3 rings (SSSR count). The number of aliphatic hydroxyl groups is 2. The molecule has 0 saturated heterocycles. The van der Waals surface area contributed by atoms with E-state index >= 15 is 0 Å². The minimum absolute atomic E-state index is 0.0271. The summed E-state index contributed by atoms with van der Waals surface area (Å²) < 4.78 is 5.33. The summed E-state index contributed by atoms with van der Waals surface area (Å²) >= 11 is 0. The molecule has 3 aliphatic carbocycles. The summed E-state index contributed by atoms with van der Waals surface area (Å²) in [7, 11) is 0. The Morgan fingerprint density at radius 1 is 1.28 bits per heavy atom. The van der Waals surface area contributed by atoms with Gasteiger partial charge in [-0.2, -0.15) is 0 Å². The molecular weight excluding hydrogens is 236 g/mol. The van der Waals surface area contributed by atoms with Gasteiger partial charge in [0.2, 0.25) is 6.29 Å². The van der Waals surface area contributed by atoms with E-state index in [0.717, 1.165) is 0 Å². The molecule has 5 nitrogen and oxygen atoms in total. The molecule has 0 aliphatic heterocycles. The molecular formula is C13H18O5. The fourth-order valence-electron chi connectivity index (χ4n) is 4.58. The van der Waals surface area contributed by atoms with Crippen LogP contribution in [0.15, 0.2) is 0 Å². The Kier molecular flexibility index (Phi) is 2.24. The largest absolute Gasteiger partial charge is 0.453 e. The lowest BCUT2D eigenvalue weighted by Gasteiger charge is -2.35. The summed E-state index contributed by atoms with van der Waals surface area (Å²) in [4.78, 5) is 21.7. The molecule has 100 valence electrons. The first-order valence-electron chi connectivity index (χ1n) is 6.43. The standard InChI is InChI=1S/C13H18O5/c1-11(16)4-8-9(5-11)13(18-10(15)6-14)3-2-12(8,17)7-13/h6,8-9,16-17H,2-5,7H2,1H3. The third-order valence-corrected chi connectivity index (χ3v) is 5.16. The van der Waals surface area contributed by atoms with Gasteiger partial charge < -0.3 is 14.9 Å². The van der Waals surface area contributed by atoms with Gasteiger partial charge in [0.05, 0.1) is 11.2 Å².